The van der Waals surface area contributed by atoms with Crippen LogP contribution in [-0.4, -0.2) is 63.1 Å². The van der Waals surface area contributed by atoms with E-state index in [2.05, 4.69) is 10.1 Å². The molecule has 10 nitrogen and oxygen atoms in total. The second-order valence-corrected chi connectivity index (χ2v) is 12.9. The summed E-state index contributed by atoms with van der Waals surface area (Å²) in [7, 11) is -3.66. The van der Waals surface area contributed by atoms with E-state index < -0.39 is 20.0 Å². The van der Waals surface area contributed by atoms with Crippen molar-refractivity contribution in [3.8, 4) is 11.4 Å². The van der Waals surface area contributed by atoms with Crippen molar-refractivity contribution < 1.29 is 21.2 Å². The number of benzene rings is 2. The van der Waals surface area contributed by atoms with Gasteiger partial charge in [-0.05, 0) is 49.2 Å². The Labute approximate surface area is 214 Å². The Morgan fingerprint density at radius 1 is 1.08 bits per heavy atom. The molecule has 3 aromatic rings. The molecular formula is C22H26ClFN6O4S2. The van der Waals surface area contributed by atoms with Crippen molar-refractivity contribution >= 4 is 37.3 Å². The predicted molar refractivity (Wildman–Crippen MR) is 134 cm³/mol. The lowest BCUT2D eigenvalue weighted by Crippen LogP contribution is -2.33. The molecule has 0 spiro atoms. The van der Waals surface area contributed by atoms with Gasteiger partial charge >= 0.3 is 0 Å². The van der Waals surface area contributed by atoms with E-state index in [9.17, 15) is 21.2 Å². The van der Waals surface area contributed by atoms with Gasteiger partial charge in [0.05, 0.1) is 15.5 Å². The van der Waals surface area contributed by atoms with Gasteiger partial charge in [-0.2, -0.15) is 5.10 Å². The molecule has 194 valence electrons. The van der Waals surface area contributed by atoms with Crippen molar-refractivity contribution in [2.24, 2.45) is 12.2 Å². The third kappa shape index (κ3) is 5.11. The average molecular weight is 557 g/mol. The third-order valence-electron chi connectivity index (χ3n) is 6.17. The molecule has 0 saturated carbocycles. The van der Waals surface area contributed by atoms with Crippen LogP contribution in [0.25, 0.3) is 11.4 Å². The molecule has 0 aliphatic carbocycles. The Morgan fingerprint density at radius 3 is 2.33 bits per heavy atom. The first kappa shape index (κ1) is 26.5. The van der Waals surface area contributed by atoms with Gasteiger partial charge in [0.1, 0.15) is 5.82 Å². The first-order valence-electron chi connectivity index (χ1n) is 11.0. The van der Waals surface area contributed by atoms with E-state index in [1.165, 1.54) is 37.0 Å². The molecule has 0 amide bonds. The Morgan fingerprint density at radius 2 is 1.75 bits per heavy atom. The van der Waals surface area contributed by atoms with Gasteiger partial charge in [-0.1, -0.05) is 11.6 Å². The minimum Gasteiger partial charge on any atom is -0.369 e. The first-order chi connectivity index (χ1) is 16.8. The zero-order valence-electron chi connectivity index (χ0n) is 19.9. The third-order valence-corrected chi connectivity index (χ3v) is 9.18. The van der Waals surface area contributed by atoms with Gasteiger partial charge in [0.25, 0.3) is 0 Å². The van der Waals surface area contributed by atoms with Crippen LogP contribution < -0.4 is 10.0 Å². The van der Waals surface area contributed by atoms with Gasteiger partial charge in [0.2, 0.25) is 20.0 Å². The molecule has 1 saturated heterocycles. The number of primary sulfonamides is 1. The standard InChI is InChI=1S/C22H26ClFN6O4S2/c1-28(2)36(33,34)16-5-7-20(35(25,31)32)17(13-16)22-26-21(27-29(22)3)14-8-10-30(11-9-14)19-6-4-15(23)12-18(19)24/h4-7,12-14H,8-11H2,1-3H3,(H2,25,31,32). The number of hydrogen-bond acceptors (Lipinski definition) is 7. The molecule has 1 aliphatic rings. The number of sulfonamides is 2. The number of nitrogens with zero attached hydrogens (tertiary/aromatic N) is 5. The molecule has 1 aromatic heterocycles. The van der Waals surface area contributed by atoms with Crippen molar-refractivity contribution in [2.75, 3.05) is 32.1 Å². The highest BCUT2D eigenvalue weighted by Gasteiger charge is 2.29. The predicted octanol–water partition coefficient (Wildman–Crippen LogP) is 2.56. The smallest absolute Gasteiger partial charge is 0.242 e. The summed E-state index contributed by atoms with van der Waals surface area (Å²) in [5.41, 5.74) is 0.520. The number of halogens is 2. The monoisotopic (exact) mass is 556 g/mol. The summed E-state index contributed by atoms with van der Waals surface area (Å²) >= 11 is 5.86. The van der Waals surface area contributed by atoms with Gasteiger partial charge in [-0.25, -0.2) is 40.3 Å². The molecule has 4 rings (SSSR count). The van der Waals surface area contributed by atoms with E-state index in [4.69, 9.17) is 16.7 Å². The second kappa shape index (κ2) is 9.71. The van der Waals surface area contributed by atoms with E-state index >= 15 is 0 Å². The highest BCUT2D eigenvalue weighted by Crippen LogP contribution is 2.34. The summed E-state index contributed by atoms with van der Waals surface area (Å²) in [5, 5.41) is 10.2. The van der Waals surface area contributed by atoms with E-state index in [-0.39, 0.29) is 32.9 Å². The highest BCUT2D eigenvalue weighted by molar-refractivity contribution is 7.89. The lowest BCUT2D eigenvalue weighted by Gasteiger charge is -2.32. The summed E-state index contributed by atoms with van der Waals surface area (Å²) in [6.45, 7) is 1.13. The Bertz CT molecular complexity index is 1520. The molecule has 2 N–H and O–H groups in total. The number of anilines is 1. The van der Waals surface area contributed by atoms with Crippen LogP contribution in [0.4, 0.5) is 10.1 Å². The summed E-state index contributed by atoms with van der Waals surface area (Å²) in [6, 6.07) is 8.18. The summed E-state index contributed by atoms with van der Waals surface area (Å²) in [6.07, 6.45) is 1.28. The molecule has 36 heavy (non-hydrogen) atoms. The van der Waals surface area contributed by atoms with Gasteiger partial charge in [0, 0.05) is 50.7 Å². The molecule has 2 heterocycles. The normalized spacial score (nSPS) is 15.6. The second-order valence-electron chi connectivity index (χ2n) is 8.76. The lowest BCUT2D eigenvalue weighted by atomic mass is 9.95. The fourth-order valence-electron chi connectivity index (χ4n) is 4.23. The van der Waals surface area contributed by atoms with Crippen molar-refractivity contribution in [3.05, 3.63) is 53.1 Å². The maximum absolute atomic E-state index is 14.3. The van der Waals surface area contributed by atoms with Crippen LogP contribution in [0.15, 0.2) is 46.2 Å². The van der Waals surface area contributed by atoms with Crippen molar-refractivity contribution in [1.82, 2.24) is 19.1 Å². The van der Waals surface area contributed by atoms with Gasteiger partial charge < -0.3 is 4.90 Å². The number of rotatable bonds is 6. The van der Waals surface area contributed by atoms with Crippen LogP contribution in [0.1, 0.15) is 24.6 Å². The summed E-state index contributed by atoms with van der Waals surface area (Å²) in [5.74, 6) is 0.228. The number of nitrogens with two attached hydrogens (primary N) is 1. The maximum atomic E-state index is 14.3. The number of piperidine rings is 1. The van der Waals surface area contributed by atoms with Crippen LogP contribution in [-0.2, 0) is 27.1 Å². The Balaban J connectivity index is 1.66. The first-order valence-corrected chi connectivity index (χ1v) is 14.4. The summed E-state index contributed by atoms with van der Waals surface area (Å²) in [4.78, 5) is 6.16. The number of hydrogen-bond donors (Lipinski definition) is 1. The molecule has 1 aliphatic heterocycles. The Kier molecular flexibility index (Phi) is 7.14. The van der Waals surface area contributed by atoms with Crippen molar-refractivity contribution in [3.63, 3.8) is 0 Å². The Hall–Kier alpha value is -2.58. The average Bonchev–Trinajstić information content (AvgIpc) is 3.19. The topological polar surface area (TPSA) is 131 Å². The largest absolute Gasteiger partial charge is 0.369 e. The summed E-state index contributed by atoms with van der Waals surface area (Å²) < 4.78 is 66.7. The van der Waals surface area contributed by atoms with Gasteiger partial charge in [-0.3, -0.25) is 0 Å². The highest BCUT2D eigenvalue weighted by atomic mass is 35.5. The molecule has 14 heteroatoms. The van der Waals surface area contributed by atoms with E-state index in [0.717, 1.165) is 10.4 Å². The van der Waals surface area contributed by atoms with Crippen LogP contribution in [0.2, 0.25) is 5.02 Å². The van der Waals surface area contributed by atoms with E-state index in [1.54, 1.807) is 19.2 Å². The van der Waals surface area contributed by atoms with Crippen LogP contribution in [0.5, 0.6) is 0 Å². The zero-order valence-corrected chi connectivity index (χ0v) is 22.3. The quantitative estimate of drug-likeness (QED) is 0.493. The molecule has 2 aromatic carbocycles. The van der Waals surface area contributed by atoms with E-state index in [1.807, 2.05) is 4.90 Å². The van der Waals surface area contributed by atoms with E-state index in [0.29, 0.717) is 42.5 Å². The minimum absolute atomic E-state index is 0.0438. The van der Waals surface area contributed by atoms with Crippen LogP contribution in [0, 0.1) is 5.82 Å². The fraction of sp³-hybridized carbons (Fsp3) is 0.364. The zero-order chi connectivity index (χ0) is 26.4. The minimum atomic E-state index is -4.18. The molecule has 0 atom stereocenters. The molecule has 0 unspecified atom stereocenters. The molecule has 0 radical (unpaired) electrons. The lowest BCUT2D eigenvalue weighted by molar-refractivity contribution is 0.477. The van der Waals surface area contributed by atoms with Gasteiger partial charge in [-0.15, -0.1) is 0 Å². The fourth-order valence-corrected chi connectivity index (χ4v) is 6.03. The molecule has 1 fully saturated rings. The van der Waals surface area contributed by atoms with Crippen molar-refractivity contribution in [2.45, 2.75) is 28.6 Å². The maximum Gasteiger partial charge on any atom is 0.242 e. The number of aromatic nitrogens is 3. The SMILES string of the molecule is CN(C)S(=O)(=O)c1ccc(S(N)(=O)=O)c(-c2nc(C3CCN(c4ccc(Cl)cc4F)CC3)nn2C)c1. The van der Waals surface area contributed by atoms with Crippen molar-refractivity contribution in [1.29, 1.82) is 0 Å². The van der Waals surface area contributed by atoms with Crippen LogP contribution in [0.3, 0.4) is 0 Å². The molecule has 0 bridgehead atoms. The number of aryl methyl sites for hydroxylation is 1. The van der Waals surface area contributed by atoms with Gasteiger partial charge in [0.15, 0.2) is 11.6 Å². The van der Waals surface area contributed by atoms with Crippen LogP contribution >= 0.6 is 11.6 Å². The molecular weight excluding hydrogens is 531 g/mol.